The first-order valence-corrected chi connectivity index (χ1v) is 14.8. The van der Waals surface area contributed by atoms with E-state index in [4.69, 9.17) is 14.5 Å². The van der Waals surface area contributed by atoms with Crippen molar-refractivity contribution in [1.82, 2.24) is 20.2 Å². The van der Waals surface area contributed by atoms with E-state index in [1.165, 1.54) is 12.1 Å². The number of hydrogen-bond acceptors (Lipinski definition) is 10. The van der Waals surface area contributed by atoms with Crippen LogP contribution >= 0.6 is 0 Å². The zero-order chi connectivity index (χ0) is 30.0. The van der Waals surface area contributed by atoms with E-state index >= 15 is 4.39 Å². The summed E-state index contributed by atoms with van der Waals surface area (Å²) < 4.78 is 41.8. The fourth-order valence-corrected chi connectivity index (χ4v) is 5.59. The summed E-state index contributed by atoms with van der Waals surface area (Å²) in [6.45, 7) is 9.86. The van der Waals surface area contributed by atoms with E-state index in [0.29, 0.717) is 33.4 Å². The lowest BCUT2D eigenvalue weighted by Crippen LogP contribution is -2.44. The normalized spacial score (nSPS) is 18.4. The first-order chi connectivity index (χ1) is 20.1. The Kier molecular flexibility index (Phi) is 8.71. The van der Waals surface area contributed by atoms with Gasteiger partial charge in [-0.1, -0.05) is 12.1 Å². The Morgan fingerprint density at radius 2 is 1.95 bits per heavy atom. The van der Waals surface area contributed by atoms with Gasteiger partial charge >= 0.3 is 0 Å². The van der Waals surface area contributed by atoms with Crippen LogP contribution < -0.4 is 10.7 Å². The largest absolute Gasteiger partial charge is 0.489 e. The Bertz CT molecular complexity index is 1570. The molecule has 1 aromatic heterocycles. The fraction of sp³-hybridized carbons (Fsp3) is 0.345. The number of ether oxygens (including phenoxy) is 2. The van der Waals surface area contributed by atoms with Crippen LogP contribution in [0.15, 0.2) is 80.4 Å². The number of rotatable bonds is 10. The number of guanidine groups is 1. The van der Waals surface area contributed by atoms with Gasteiger partial charge in [-0.15, -0.1) is 0 Å². The Labute approximate surface area is 246 Å². The van der Waals surface area contributed by atoms with Crippen molar-refractivity contribution in [3.63, 3.8) is 0 Å². The molecule has 42 heavy (non-hydrogen) atoms. The van der Waals surface area contributed by atoms with Crippen molar-refractivity contribution < 1.29 is 23.2 Å². The number of hydrazine groups is 1. The smallest absolute Gasteiger partial charge is 0.217 e. The number of anilines is 1. The summed E-state index contributed by atoms with van der Waals surface area (Å²) in [7, 11) is -1.63. The first kappa shape index (κ1) is 29.4. The van der Waals surface area contributed by atoms with Gasteiger partial charge in [0.1, 0.15) is 24.1 Å². The number of fused-ring (bicyclic) bond motifs is 1. The van der Waals surface area contributed by atoms with Gasteiger partial charge in [0.05, 0.1) is 34.9 Å². The van der Waals surface area contributed by atoms with E-state index < -0.39 is 28.9 Å². The van der Waals surface area contributed by atoms with Gasteiger partial charge in [0.25, 0.3) is 0 Å². The van der Waals surface area contributed by atoms with Gasteiger partial charge in [0, 0.05) is 28.2 Å². The van der Waals surface area contributed by atoms with Crippen molar-refractivity contribution in [1.29, 1.82) is 0 Å². The molecule has 3 aromatic rings. The molecule has 0 saturated carbocycles. The zero-order valence-corrected chi connectivity index (χ0v) is 24.8. The van der Waals surface area contributed by atoms with Gasteiger partial charge in [0.2, 0.25) is 12.1 Å². The maximum Gasteiger partial charge on any atom is 0.217 e. The molecular weight excluding hydrogens is 561 g/mol. The highest BCUT2D eigenvalue weighted by atomic mass is 32.2. The van der Waals surface area contributed by atoms with E-state index in [2.05, 4.69) is 20.8 Å². The quantitative estimate of drug-likeness (QED) is 0.312. The predicted molar refractivity (Wildman–Crippen MR) is 158 cm³/mol. The van der Waals surface area contributed by atoms with Crippen LogP contribution in [0.5, 0.6) is 0 Å². The molecule has 2 aliphatic heterocycles. The summed E-state index contributed by atoms with van der Waals surface area (Å²) in [6, 6.07) is 11.1. The van der Waals surface area contributed by atoms with E-state index in [1.807, 2.05) is 33.9 Å². The van der Waals surface area contributed by atoms with E-state index in [0.717, 1.165) is 5.56 Å². The molecule has 0 fully saturated rings. The van der Waals surface area contributed by atoms with Crippen molar-refractivity contribution in [3.05, 3.63) is 77.6 Å². The van der Waals surface area contributed by atoms with E-state index in [9.17, 15) is 9.32 Å². The highest BCUT2D eigenvalue weighted by Gasteiger charge is 2.36. The highest BCUT2D eigenvalue weighted by Crippen LogP contribution is 2.32. The molecule has 5 rings (SSSR count). The number of nitrogens with one attached hydrogen (secondary N) is 2. The maximum atomic E-state index is 15.2. The molecule has 0 amide bonds. The number of nitrogens with zero attached hydrogens (tertiary/aromatic N) is 5. The van der Waals surface area contributed by atoms with Crippen molar-refractivity contribution in [2.45, 2.75) is 69.0 Å². The lowest BCUT2D eigenvalue weighted by Gasteiger charge is -2.28. The molecule has 0 saturated heterocycles. The minimum atomic E-state index is -1.63. The number of aromatic nitrogens is 2. The van der Waals surface area contributed by atoms with Gasteiger partial charge < -0.3 is 19.9 Å². The van der Waals surface area contributed by atoms with Gasteiger partial charge in [-0.2, -0.15) is 5.10 Å². The topological polar surface area (TPSA) is 126 Å². The molecule has 4 atom stereocenters. The molecule has 222 valence electrons. The van der Waals surface area contributed by atoms with E-state index in [-0.39, 0.29) is 24.0 Å². The summed E-state index contributed by atoms with van der Waals surface area (Å²) in [5, 5.41) is 18.9. The Morgan fingerprint density at radius 1 is 1.17 bits per heavy atom. The minimum Gasteiger partial charge on any atom is -0.489 e. The van der Waals surface area contributed by atoms with Crippen molar-refractivity contribution in [2.75, 3.05) is 11.9 Å². The molecule has 0 bridgehead atoms. The lowest BCUT2D eigenvalue weighted by molar-refractivity contribution is 0.0159. The Hall–Kier alpha value is -4.07. The van der Waals surface area contributed by atoms with Gasteiger partial charge in [0.15, 0.2) is 5.76 Å². The van der Waals surface area contributed by atoms with E-state index in [1.54, 1.807) is 59.5 Å². The molecule has 3 heterocycles. The first-order valence-electron chi connectivity index (χ1n) is 13.6. The van der Waals surface area contributed by atoms with Crippen LogP contribution in [0.2, 0.25) is 0 Å². The zero-order valence-electron chi connectivity index (χ0n) is 24.0. The van der Waals surface area contributed by atoms with Gasteiger partial charge in [-0.05, 0) is 70.5 Å². The van der Waals surface area contributed by atoms with Crippen LogP contribution in [-0.2, 0) is 20.3 Å². The molecule has 2 aliphatic rings. The Balaban J connectivity index is 1.37. The summed E-state index contributed by atoms with van der Waals surface area (Å²) in [5.41, 5.74) is 5.20. The lowest BCUT2D eigenvalue weighted by atomic mass is 10.1. The summed E-state index contributed by atoms with van der Waals surface area (Å²) in [6.07, 6.45) is 3.46. The summed E-state index contributed by atoms with van der Waals surface area (Å²) in [5.74, 6) is 0.211. The third kappa shape index (κ3) is 6.22. The van der Waals surface area contributed by atoms with Gasteiger partial charge in [-0.25, -0.2) is 28.3 Å². The molecular formula is C29H34FN7O4S. The average molecular weight is 596 g/mol. The maximum absolute atomic E-state index is 15.2. The van der Waals surface area contributed by atoms with Crippen LogP contribution in [-0.4, -0.2) is 55.3 Å². The molecule has 0 spiro atoms. The molecule has 13 heteroatoms. The fourth-order valence-electron chi connectivity index (χ4n) is 4.47. The molecule has 4 unspecified atom stereocenters. The average Bonchev–Trinajstić information content (AvgIpc) is 3.61. The molecule has 0 aliphatic carbocycles. The van der Waals surface area contributed by atoms with Crippen molar-refractivity contribution in [2.24, 2.45) is 9.98 Å². The number of aliphatic hydroxyl groups is 1. The second-order valence-corrected chi connectivity index (χ2v) is 11.5. The Morgan fingerprint density at radius 3 is 2.67 bits per heavy atom. The second kappa shape index (κ2) is 12.4. The number of halogens is 1. The molecule has 11 nitrogen and oxygen atoms in total. The third-order valence-electron chi connectivity index (χ3n) is 6.51. The second-order valence-electron chi connectivity index (χ2n) is 10.0. The van der Waals surface area contributed by atoms with Crippen LogP contribution in [0.3, 0.4) is 0 Å². The van der Waals surface area contributed by atoms with Crippen molar-refractivity contribution >= 4 is 34.5 Å². The molecule has 2 aromatic carbocycles. The number of aliphatic hydroxyl groups excluding tert-OH is 1. The third-order valence-corrected chi connectivity index (χ3v) is 7.87. The minimum absolute atomic E-state index is 0.151. The van der Waals surface area contributed by atoms with Crippen LogP contribution in [0.1, 0.15) is 58.1 Å². The molecule has 3 N–H and O–H groups in total. The number of aliphatic imine (C=N–C) groups is 2. The van der Waals surface area contributed by atoms with Crippen LogP contribution in [0.25, 0.3) is 5.70 Å². The summed E-state index contributed by atoms with van der Waals surface area (Å²) in [4.78, 5) is 10.1. The number of benzene rings is 2. The summed E-state index contributed by atoms with van der Waals surface area (Å²) >= 11 is 0. The van der Waals surface area contributed by atoms with Gasteiger partial charge in [-0.3, -0.25) is 5.43 Å². The van der Waals surface area contributed by atoms with Crippen molar-refractivity contribution in [3.8, 4) is 0 Å². The highest BCUT2D eigenvalue weighted by molar-refractivity contribution is 7.85. The standard InChI is InChI=1S/C29H34FN7O4S/c1-6-40-19(5)36-15-21(14-32-36)26-27(41-17(2)3)28-34-29(35-37(28)16-31-26)33-25-11-10-23(13-24(25)30)42(39)22-9-7-8-20(12-22)18(4)38/h7-19,28,38H,6H2,1-5H3,(H2,33,34,35). The monoisotopic (exact) mass is 595 g/mol. The SMILES string of the molecule is CCOC(C)n1cc(C2=C(OC(C)C)C3N=C(Nc4ccc(S(=O)c5cccc(C(C)O)c5)cc4F)NN3C=N2)cn1. The van der Waals surface area contributed by atoms with Crippen LogP contribution in [0, 0.1) is 5.82 Å². The van der Waals surface area contributed by atoms with Crippen LogP contribution in [0.4, 0.5) is 10.1 Å². The predicted octanol–water partition coefficient (Wildman–Crippen LogP) is 4.55. The molecule has 0 radical (unpaired) electrons. The number of hydrogen-bond donors (Lipinski definition) is 3.